The second-order valence-electron chi connectivity index (χ2n) is 4.73. The highest BCUT2D eigenvalue weighted by Gasteiger charge is 2.10. The van der Waals surface area contributed by atoms with Crippen LogP contribution in [-0.4, -0.2) is 13.0 Å². The molecule has 0 saturated carbocycles. The number of nitrogens with one attached hydrogen (secondary N) is 1. The molecule has 1 amide bonds. The molecule has 4 nitrogen and oxygen atoms in total. The SMILES string of the molecule is COc1cc(C(=O)Nc2cc(C)ccc2C)ccc1N. The molecule has 20 heavy (non-hydrogen) atoms. The summed E-state index contributed by atoms with van der Waals surface area (Å²) >= 11 is 0. The normalized spacial score (nSPS) is 10.2. The van der Waals surface area contributed by atoms with Crippen LogP contribution in [0.4, 0.5) is 11.4 Å². The zero-order valence-electron chi connectivity index (χ0n) is 11.9. The summed E-state index contributed by atoms with van der Waals surface area (Å²) in [4.78, 5) is 12.2. The van der Waals surface area contributed by atoms with Gasteiger partial charge in [0, 0.05) is 11.3 Å². The molecule has 0 fully saturated rings. The van der Waals surface area contributed by atoms with Crippen LogP contribution in [0.1, 0.15) is 21.5 Å². The van der Waals surface area contributed by atoms with Gasteiger partial charge in [0.25, 0.3) is 5.91 Å². The maximum Gasteiger partial charge on any atom is 0.255 e. The van der Waals surface area contributed by atoms with Crippen LogP contribution in [0.5, 0.6) is 5.75 Å². The Hall–Kier alpha value is -2.49. The number of aryl methyl sites for hydroxylation is 2. The first-order chi connectivity index (χ1) is 9.51. The van der Waals surface area contributed by atoms with Crippen molar-refractivity contribution < 1.29 is 9.53 Å². The first-order valence-corrected chi connectivity index (χ1v) is 6.33. The number of benzene rings is 2. The third-order valence-corrected chi connectivity index (χ3v) is 3.14. The molecule has 0 aliphatic heterocycles. The lowest BCUT2D eigenvalue weighted by molar-refractivity contribution is 0.102. The van der Waals surface area contributed by atoms with Crippen molar-refractivity contribution in [2.24, 2.45) is 0 Å². The summed E-state index contributed by atoms with van der Waals surface area (Å²) in [5.41, 5.74) is 9.69. The Labute approximate surface area is 118 Å². The van der Waals surface area contributed by atoms with Gasteiger partial charge in [-0.3, -0.25) is 4.79 Å². The molecule has 2 aromatic carbocycles. The molecule has 2 rings (SSSR count). The van der Waals surface area contributed by atoms with Gasteiger partial charge in [0.15, 0.2) is 0 Å². The van der Waals surface area contributed by atoms with Gasteiger partial charge in [-0.25, -0.2) is 0 Å². The van der Waals surface area contributed by atoms with E-state index in [1.165, 1.54) is 7.11 Å². The summed E-state index contributed by atoms with van der Waals surface area (Å²) in [7, 11) is 1.53. The summed E-state index contributed by atoms with van der Waals surface area (Å²) in [5.74, 6) is 0.315. The number of hydrogen-bond donors (Lipinski definition) is 2. The van der Waals surface area contributed by atoms with E-state index in [0.717, 1.165) is 16.8 Å². The lowest BCUT2D eigenvalue weighted by atomic mass is 10.1. The van der Waals surface area contributed by atoms with Gasteiger partial charge < -0.3 is 15.8 Å². The molecule has 0 atom stereocenters. The van der Waals surface area contributed by atoms with Gasteiger partial charge in [-0.2, -0.15) is 0 Å². The predicted molar refractivity (Wildman–Crippen MR) is 81.3 cm³/mol. The van der Waals surface area contributed by atoms with E-state index in [1.807, 2.05) is 32.0 Å². The molecule has 4 heteroatoms. The Morgan fingerprint density at radius 1 is 1.15 bits per heavy atom. The first kappa shape index (κ1) is 13.9. The second kappa shape index (κ2) is 5.65. The van der Waals surface area contributed by atoms with Gasteiger partial charge >= 0.3 is 0 Å². The number of carbonyl (C=O) groups excluding carboxylic acids is 1. The molecule has 0 spiro atoms. The Kier molecular flexibility index (Phi) is 3.94. The number of carbonyl (C=O) groups is 1. The minimum Gasteiger partial charge on any atom is -0.495 e. The largest absolute Gasteiger partial charge is 0.495 e. The second-order valence-corrected chi connectivity index (χ2v) is 4.73. The minimum atomic E-state index is -0.183. The van der Waals surface area contributed by atoms with Crippen LogP contribution in [0, 0.1) is 13.8 Å². The van der Waals surface area contributed by atoms with Crippen LogP contribution >= 0.6 is 0 Å². The van der Waals surface area contributed by atoms with E-state index in [4.69, 9.17) is 10.5 Å². The number of hydrogen-bond acceptors (Lipinski definition) is 3. The molecule has 3 N–H and O–H groups in total. The summed E-state index contributed by atoms with van der Waals surface area (Å²) in [6, 6.07) is 10.9. The number of rotatable bonds is 3. The fourth-order valence-corrected chi connectivity index (χ4v) is 1.92. The minimum absolute atomic E-state index is 0.183. The van der Waals surface area contributed by atoms with Crippen molar-refractivity contribution in [1.82, 2.24) is 0 Å². The van der Waals surface area contributed by atoms with E-state index in [-0.39, 0.29) is 5.91 Å². The zero-order chi connectivity index (χ0) is 14.7. The van der Waals surface area contributed by atoms with Gasteiger partial charge in [0.05, 0.1) is 12.8 Å². The van der Waals surface area contributed by atoms with Crippen LogP contribution in [0.3, 0.4) is 0 Å². The van der Waals surface area contributed by atoms with Crippen LogP contribution in [0.15, 0.2) is 36.4 Å². The van der Waals surface area contributed by atoms with Crippen LogP contribution in [0.2, 0.25) is 0 Å². The highest BCUT2D eigenvalue weighted by molar-refractivity contribution is 6.05. The van der Waals surface area contributed by atoms with E-state index in [0.29, 0.717) is 17.0 Å². The fourth-order valence-electron chi connectivity index (χ4n) is 1.92. The quantitative estimate of drug-likeness (QED) is 0.842. The molecule has 0 saturated heterocycles. The predicted octanol–water partition coefficient (Wildman–Crippen LogP) is 3.15. The average Bonchev–Trinajstić information content (AvgIpc) is 2.43. The van der Waals surface area contributed by atoms with Crippen molar-refractivity contribution in [1.29, 1.82) is 0 Å². The lowest BCUT2D eigenvalue weighted by Crippen LogP contribution is -2.13. The maximum atomic E-state index is 12.2. The fraction of sp³-hybridized carbons (Fsp3) is 0.188. The number of nitrogens with two attached hydrogens (primary N) is 1. The van der Waals surface area contributed by atoms with Crippen LogP contribution < -0.4 is 15.8 Å². The van der Waals surface area contributed by atoms with Crippen LogP contribution in [0.25, 0.3) is 0 Å². The van der Waals surface area contributed by atoms with Gasteiger partial charge in [0.2, 0.25) is 0 Å². The number of nitrogen functional groups attached to an aromatic ring is 1. The number of anilines is 2. The number of amides is 1. The smallest absolute Gasteiger partial charge is 0.255 e. The summed E-state index contributed by atoms with van der Waals surface area (Å²) in [6.07, 6.45) is 0. The molecule has 104 valence electrons. The molecule has 2 aromatic rings. The standard InChI is InChI=1S/C16H18N2O2/c1-10-4-5-11(2)14(8-10)18-16(19)12-6-7-13(17)15(9-12)20-3/h4-9H,17H2,1-3H3,(H,18,19). The highest BCUT2D eigenvalue weighted by Crippen LogP contribution is 2.23. The van der Waals surface area contributed by atoms with Crippen molar-refractivity contribution >= 4 is 17.3 Å². The average molecular weight is 270 g/mol. The van der Waals surface area contributed by atoms with Crippen molar-refractivity contribution in [2.45, 2.75) is 13.8 Å². The molecule has 0 unspecified atom stereocenters. The van der Waals surface area contributed by atoms with Crippen molar-refractivity contribution in [3.8, 4) is 5.75 Å². The van der Waals surface area contributed by atoms with E-state index in [2.05, 4.69) is 5.32 Å². The Morgan fingerprint density at radius 3 is 2.60 bits per heavy atom. The Bertz CT molecular complexity index is 651. The van der Waals surface area contributed by atoms with Crippen molar-refractivity contribution in [3.63, 3.8) is 0 Å². The molecule has 0 heterocycles. The summed E-state index contributed by atoms with van der Waals surface area (Å²) in [6.45, 7) is 3.94. The topological polar surface area (TPSA) is 64.3 Å². The summed E-state index contributed by atoms with van der Waals surface area (Å²) in [5, 5.41) is 2.90. The van der Waals surface area contributed by atoms with E-state index in [9.17, 15) is 4.79 Å². The Morgan fingerprint density at radius 2 is 1.90 bits per heavy atom. The van der Waals surface area contributed by atoms with Gasteiger partial charge in [-0.1, -0.05) is 12.1 Å². The molecule has 0 bridgehead atoms. The number of ether oxygens (including phenoxy) is 1. The monoisotopic (exact) mass is 270 g/mol. The van der Waals surface area contributed by atoms with E-state index >= 15 is 0 Å². The maximum absolute atomic E-state index is 12.2. The third-order valence-electron chi connectivity index (χ3n) is 3.14. The number of methoxy groups -OCH3 is 1. The van der Waals surface area contributed by atoms with E-state index < -0.39 is 0 Å². The molecule has 0 aliphatic rings. The lowest BCUT2D eigenvalue weighted by Gasteiger charge is -2.11. The zero-order valence-corrected chi connectivity index (χ0v) is 11.9. The molecular weight excluding hydrogens is 252 g/mol. The Balaban J connectivity index is 2.26. The third kappa shape index (κ3) is 2.91. The first-order valence-electron chi connectivity index (χ1n) is 6.33. The highest BCUT2D eigenvalue weighted by atomic mass is 16.5. The molecular formula is C16H18N2O2. The van der Waals surface area contributed by atoms with Crippen molar-refractivity contribution in [3.05, 3.63) is 53.1 Å². The molecule has 0 aromatic heterocycles. The van der Waals surface area contributed by atoms with Gasteiger partial charge in [-0.15, -0.1) is 0 Å². The van der Waals surface area contributed by atoms with Gasteiger partial charge in [-0.05, 0) is 49.2 Å². The van der Waals surface area contributed by atoms with Crippen molar-refractivity contribution in [2.75, 3.05) is 18.2 Å². The molecule has 0 aliphatic carbocycles. The molecule has 0 radical (unpaired) electrons. The summed E-state index contributed by atoms with van der Waals surface area (Å²) < 4.78 is 5.12. The van der Waals surface area contributed by atoms with Crippen LogP contribution in [-0.2, 0) is 0 Å². The van der Waals surface area contributed by atoms with Gasteiger partial charge in [0.1, 0.15) is 5.75 Å². The van der Waals surface area contributed by atoms with E-state index in [1.54, 1.807) is 18.2 Å².